The quantitative estimate of drug-likeness (QED) is 0.365. The summed E-state index contributed by atoms with van der Waals surface area (Å²) in [6.07, 6.45) is 12.6. The second kappa shape index (κ2) is 7.45. The zero-order valence-corrected chi connectivity index (χ0v) is 22.1. The van der Waals surface area contributed by atoms with E-state index in [0.29, 0.717) is 40.6 Å². The van der Waals surface area contributed by atoms with Crippen molar-refractivity contribution in [3.63, 3.8) is 0 Å². The Balaban J connectivity index is 1.54. The molecule has 4 rings (SSSR count). The van der Waals surface area contributed by atoms with Crippen molar-refractivity contribution in [1.29, 1.82) is 0 Å². The Morgan fingerprint density at radius 2 is 1.73 bits per heavy atom. The van der Waals surface area contributed by atoms with Crippen LogP contribution in [0.2, 0.25) is 18.1 Å². The number of hydrogen-bond donors (Lipinski definition) is 1. The minimum absolute atomic E-state index is 0.111. The van der Waals surface area contributed by atoms with Gasteiger partial charge in [0.25, 0.3) is 0 Å². The van der Waals surface area contributed by atoms with Crippen LogP contribution in [0.1, 0.15) is 92.9 Å². The lowest BCUT2D eigenvalue weighted by Crippen LogP contribution is -2.58. The van der Waals surface area contributed by atoms with Crippen LogP contribution in [0.4, 0.5) is 0 Å². The van der Waals surface area contributed by atoms with Crippen molar-refractivity contribution >= 4 is 8.32 Å². The minimum atomic E-state index is -1.73. The van der Waals surface area contributed by atoms with Crippen molar-refractivity contribution in [2.75, 3.05) is 0 Å². The molecule has 0 amide bonds. The Labute approximate surface area is 187 Å². The molecule has 0 aromatic carbocycles. The maximum Gasteiger partial charge on any atom is 0.192 e. The van der Waals surface area contributed by atoms with Crippen LogP contribution < -0.4 is 0 Å². The van der Waals surface area contributed by atoms with E-state index in [-0.39, 0.29) is 11.1 Å². The average Bonchev–Trinajstić information content (AvgIpc) is 2.98. The van der Waals surface area contributed by atoms with Gasteiger partial charge in [0.05, 0.1) is 6.10 Å². The van der Waals surface area contributed by atoms with E-state index in [0.717, 1.165) is 6.42 Å². The van der Waals surface area contributed by atoms with Crippen LogP contribution in [0.15, 0.2) is 11.6 Å². The predicted octanol–water partition coefficient (Wildman–Crippen LogP) is 7.34. The van der Waals surface area contributed by atoms with Gasteiger partial charge in [0.1, 0.15) is 0 Å². The van der Waals surface area contributed by atoms with Crippen LogP contribution in [-0.4, -0.2) is 25.6 Å². The Morgan fingerprint density at radius 3 is 2.37 bits per heavy atom. The highest BCUT2D eigenvalue weighted by Gasteiger charge is 2.61. The van der Waals surface area contributed by atoms with Gasteiger partial charge in [0.2, 0.25) is 0 Å². The molecule has 4 aliphatic rings. The predicted molar refractivity (Wildman–Crippen MR) is 129 cm³/mol. The van der Waals surface area contributed by atoms with Gasteiger partial charge in [-0.2, -0.15) is 0 Å². The topological polar surface area (TPSA) is 29.5 Å². The molecule has 4 aliphatic carbocycles. The first-order valence-corrected chi connectivity index (χ1v) is 15.8. The van der Waals surface area contributed by atoms with Gasteiger partial charge in [-0.15, -0.1) is 0 Å². The van der Waals surface area contributed by atoms with E-state index in [1.54, 1.807) is 5.57 Å². The van der Waals surface area contributed by atoms with Crippen LogP contribution in [-0.2, 0) is 4.43 Å². The van der Waals surface area contributed by atoms with Crippen LogP contribution >= 0.6 is 0 Å². The number of rotatable bonds is 2. The molecular weight excluding hydrogens is 384 g/mol. The number of aliphatic hydroxyl groups excluding tert-OH is 1. The molecule has 1 unspecified atom stereocenters. The van der Waals surface area contributed by atoms with Gasteiger partial charge in [-0.05, 0) is 111 Å². The number of aliphatic hydroxyl groups is 1. The molecule has 0 aromatic rings. The molecular formula is C27H48O2Si. The zero-order valence-electron chi connectivity index (χ0n) is 21.1. The van der Waals surface area contributed by atoms with Gasteiger partial charge in [-0.25, -0.2) is 0 Å². The molecule has 0 aliphatic heterocycles. The highest BCUT2D eigenvalue weighted by molar-refractivity contribution is 6.74. The molecule has 0 saturated heterocycles. The maximum atomic E-state index is 11.5. The third kappa shape index (κ3) is 3.41. The lowest BCUT2D eigenvalue weighted by atomic mass is 9.44. The zero-order chi connectivity index (χ0) is 22.1. The molecule has 4 fully saturated rings. The van der Waals surface area contributed by atoms with E-state index in [9.17, 15) is 5.11 Å². The summed E-state index contributed by atoms with van der Waals surface area (Å²) >= 11 is 0. The van der Waals surface area contributed by atoms with Crippen molar-refractivity contribution in [2.45, 2.75) is 123 Å². The van der Waals surface area contributed by atoms with E-state index in [1.165, 1.54) is 44.9 Å². The van der Waals surface area contributed by atoms with Crippen molar-refractivity contribution in [2.24, 2.45) is 34.5 Å². The summed E-state index contributed by atoms with van der Waals surface area (Å²) in [7, 11) is -1.73. The first kappa shape index (κ1) is 23.0. The lowest BCUT2D eigenvalue weighted by molar-refractivity contribution is -0.163. The lowest BCUT2D eigenvalue weighted by Gasteiger charge is -2.62. The number of fused-ring (bicyclic) bond motifs is 5. The minimum Gasteiger partial charge on any atom is -0.414 e. The van der Waals surface area contributed by atoms with E-state index in [1.807, 2.05) is 0 Å². The summed E-state index contributed by atoms with van der Waals surface area (Å²) in [5, 5.41) is 11.7. The fourth-order valence-electron chi connectivity index (χ4n) is 8.21. The van der Waals surface area contributed by atoms with Crippen molar-refractivity contribution in [1.82, 2.24) is 0 Å². The number of allylic oxidation sites excluding steroid dienone is 2. The second-order valence-corrected chi connectivity index (χ2v) is 18.1. The molecule has 0 aromatic heterocycles. The van der Waals surface area contributed by atoms with Gasteiger partial charge in [-0.1, -0.05) is 46.3 Å². The summed E-state index contributed by atoms with van der Waals surface area (Å²) in [5.41, 5.74) is 2.43. The monoisotopic (exact) mass is 432 g/mol. The Bertz CT molecular complexity index is 691. The Morgan fingerprint density at radius 1 is 1.03 bits per heavy atom. The molecule has 172 valence electrons. The van der Waals surface area contributed by atoms with Crippen LogP contribution in [0.5, 0.6) is 0 Å². The molecule has 8 atom stereocenters. The van der Waals surface area contributed by atoms with Crippen LogP contribution in [0, 0.1) is 34.5 Å². The third-order valence-electron chi connectivity index (χ3n) is 11.1. The molecule has 30 heavy (non-hydrogen) atoms. The van der Waals surface area contributed by atoms with Gasteiger partial charge in [0.15, 0.2) is 8.32 Å². The molecule has 1 N–H and O–H groups in total. The fourth-order valence-corrected chi connectivity index (χ4v) is 9.61. The highest BCUT2D eigenvalue weighted by Crippen LogP contribution is 2.67. The van der Waals surface area contributed by atoms with Gasteiger partial charge in [-0.3, -0.25) is 0 Å². The summed E-state index contributed by atoms with van der Waals surface area (Å²) in [5.74, 6) is 2.54. The Hall–Kier alpha value is -0.123. The molecule has 2 nitrogen and oxygen atoms in total. The summed E-state index contributed by atoms with van der Waals surface area (Å²) in [6, 6.07) is 0. The van der Waals surface area contributed by atoms with E-state index in [2.05, 4.69) is 60.7 Å². The fraction of sp³-hybridized carbons (Fsp3) is 0.926. The average molecular weight is 433 g/mol. The smallest absolute Gasteiger partial charge is 0.192 e. The third-order valence-corrected chi connectivity index (χ3v) is 15.6. The van der Waals surface area contributed by atoms with Crippen molar-refractivity contribution < 1.29 is 9.53 Å². The highest BCUT2D eigenvalue weighted by atomic mass is 28.4. The van der Waals surface area contributed by atoms with Crippen LogP contribution in [0.25, 0.3) is 0 Å². The van der Waals surface area contributed by atoms with Gasteiger partial charge in [0, 0.05) is 6.10 Å². The van der Waals surface area contributed by atoms with E-state index in [4.69, 9.17) is 4.43 Å². The molecule has 4 saturated carbocycles. The molecule has 0 heterocycles. The van der Waals surface area contributed by atoms with Gasteiger partial charge >= 0.3 is 0 Å². The van der Waals surface area contributed by atoms with Crippen molar-refractivity contribution in [3.05, 3.63) is 11.6 Å². The van der Waals surface area contributed by atoms with E-state index < -0.39 is 8.32 Å². The molecule has 0 bridgehead atoms. The summed E-state index contributed by atoms with van der Waals surface area (Å²) < 4.78 is 6.87. The van der Waals surface area contributed by atoms with Crippen molar-refractivity contribution in [3.8, 4) is 0 Å². The standard InChI is InChI=1S/C27H48O2Si/c1-9-18-10-11-21-24-22(13-15-26(18,21)5)27(6)14-12-20(16-19(27)17-23(24)28)29-30(7,8)25(2,3)4/h9,19-24,28H,10-17H2,1-8H3/b18-9-/t19-,20?,21+,22+,23+,24+,26-,27+/m1/s1. The molecule has 0 radical (unpaired) electrons. The SMILES string of the molecule is C/C=C1/CC[C@H]2[C@@H]3[C@@H](O)C[C@H]4CC(O[Si](C)(C)C(C)(C)C)CC[C@]4(C)[C@H]3CC[C@]12C. The number of hydrogen-bond acceptors (Lipinski definition) is 2. The summed E-state index contributed by atoms with van der Waals surface area (Å²) in [6.45, 7) is 19.2. The largest absolute Gasteiger partial charge is 0.414 e. The normalized spacial score (nSPS) is 48.2. The molecule has 0 spiro atoms. The summed E-state index contributed by atoms with van der Waals surface area (Å²) in [4.78, 5) is 0. The second-order valence-electron chi connectivity index (χ2n) is 13.4. The maximum absolute atomic E-state index is 11.5. The molecule has 3 heteroatoms. The van der Waals surface area contributed by atoms with E-state index >= 15 is 0 Å². The van der Waals surface area contributed by atoms with Crippen LogP contribution in [0.3, 0.4) is 0 Å². The van der Waals surface area contributed by atoms with Gasteiger partial charge < -0.3 is 9.53 Å². The first-order valence-electron chi connectivity index (χ1n) is 12.8. The Kier molecular flexibility index (Phi) is 5.73. The first-order chi connectivity index (χ1) is 13.8.